The highest BCUT2D eigenvalue weighted by Crippen LogP contribution is 2.23. The number of carbonyl (C=O) groups is 2. The van der Waals surface area contributed by atoms with Crippen molar-refractivity contribution in [2.24, 2.45) is 0 Å². The number of hydrogen-bond donors (Lipinski definition) is 1. The van der Waals surface area contributed by atoms with E-state index in [2.05, 4.69) is 10.5 Å². The molecule has 0 unspecified atom stereocenters. The Morgan fingerprint density at radius 3 is 2.73 bits per heavy atom. The Morgan fingerprint density at radius 1 is 1.35 bits per heavy atom. The largest absolute Gasteiger partial charge is 0.455 e. The molecule has 1 N–H and O–H groups in total. The van der Waals surface area contributed by atoms with E-state index in [1.165, 1.54) is 30.0 Å². The van der Waals surface area contributed by atoms with Crippen LogP contribution in [0.1, 0.15) is 17.0 Å². The number of anilines is 1. The molecule has 1 aromatic carbocycles. The zero-order valence-corrected chi connectivity index (χ0v) is 15.0. The quantitative estimate of drug-likeness (QED) is 0.421. The van der Waals surface area contributed by atoms with Crippen LogP contribution in [0.25, 0.3) is 0 Å². The summed E-state index contributed by atoms with van der Waals surface area (Å²) in [5.41, 5.74) is 1.51. The number of amides is 1. The molecule has 0 saturated heterocycles. The number of carbonyl (C=O) groups excluding carboxylic acids is 2. The molecule has 10 heteroatoms. The molecular weight excluding hydrogens is 362 g/mol. The van der Waals surface area contributed by atoms with Crippen LogP contribution in [-0.2, 0) is 20.1 Å². The van der Waals surface area contributed by atoms with E-state index in [9.17, 15) is 19.7 Å². The van der Waals surface area contributed by atoms with E-state index < -0.39 is 23.4 Å². The number of rotatable bonds is 8. The monoisotopic (exact) mass is 379 g/mol. The summed E-state index contributed by atoms with van der Waals surface area (Å²) in [6.07, 6.45) is 0. The fourth-order valence-electron chi connectivity index (χ4n) is 2.06. The average molecular weight is 379 g/mol. The third-order valence-electron chi connectivity index (χ3n) is 3.39. The van der Waals surface area contributed by atoms with Gasteiger partial charge in [-0.3, -0.25) is 19.7 Å². The highest BCUT2D eigenvalue weighted by Gasteiger charge is 2.16. The van der Waals surface area contributed by atoms with Gasteiger partial charge in [0, 0.05) is 17.4 Å². The Bertz CT molecular complexity index is 801. The fraction of sp³-hybridized carbons (Fsp3) is 0.312. The third-order valence-corrected chi connectivity index (χ3v) is 4.32. The summed E-state index contributed by atoms with van der Waals surface area (Å²) in [6.45, 7) is 3.09. The molecule has 2 rings (SSSR count). The highest BCUT2D eigenvalue weighted by molar-refractivity contribution is 7.99. The van der Waals surface area contributed by atoms with Gasteiger partial charge in [-0.15, -0.1) is 11.8 Å². The number of aryl methyl sites for hydroxylation is 2. The van der Waals surface area contributed by atoms with Crippen LogP contribution >= 0.6 is 11.8 Å². The number of para-hydroxylation sites is 2. The number of aromatic nitrogens is 1. The normalized spacial score (nSPS) is 10.4. The van der Waals surface area contributed by atoms with E-state index in [0.29, 0.717) is 11.5 Å². The number of esters is 1. The van der Waals surface area contributed by atoms with Gasteiger partial charge in [-0.2, -0.15) is 0 Å². The molecule has 0 spiro atoms. The van der Waals surface area contributed by atoms with E-state index in [4.69, 9.17) is 9.26 Å². The minimum Gasteiger partial charge on any atom is -0.455 e. The van der Waals surface area contributed by atoms with Crippen LogP contribution in [0.5, 0.6) is 0 Å². The van der Waals surface area contributed by atoms with E-state index >= 15 is 0 Å². The molecular formula is C16H17N3O6S. The third kappa shape index (κ3) is 5.31. The van der Waals surface area contributed by atoms with Crippen molar-refractivity contribution < 1.29 is 23.8 Å². The highest BCUT2D eigenvalue weighted by atomic mass is 32.2. The van der Waals surface area contributed by atoms with Crippen molar-refractivity contribution >= 4 is 35.0 Å². The topological polar surface area (TPSA) is 125 Å². The summed E-state index contributed by atoms with van der Waals surface area (Å²) >= 11 is 1.31. The molecule has 138 valence electrons. The van der Waals surface area contributed by atoms with Gasteiger partial charge in [-0.05, 0) is 19.9 Å². The molecule has 0 radical (unpaired) electrons. The number of ether oxygens (including phenoxy) is 1. The van der Waals surface area contributed by atoms with Crippen molar-refractivity contribution in [2.45, 2.75) is 19.6 Å². The Morgan fingerprint density at radius 2 is 2.08 bits per heavy atom. The molecule has 2 aromatic rings. The molecule has 26 heavy (non-hydrogen) atoms. The molecule has 0 saturated carbocycles. The number of thioether (sulfide) groups is 1. The standard InChI is InChI=1S/C16H17N3O6S/c1-10-12(11(2)25-18-10)8-26-9-16(21)24-7-15(20)17-13-5-3-4-6-14(13)19(22)23/h3-6H,7-9H2,1-2H3,(H,17,20). The van der Waals surface area contributed by atoms with Crippen LogP contribution in [0, 0.1) is 24.0 Å². The predicted octanol–water partition coefficient (Wildman–Crippen LogP) is 2.61. The lowest BCUT2D eigenvalue weighted by molar-refractivity contribution is -0.383. The smallest absolute Gasteiger partial charge is 0.316 e. The number of benzene rings is 1. The van der Waals surface area contributed by atoms with Crippen LogP contribution in [0.2, 0.25) is 0 Å². The lowest BCUT2D eigenvalue weighted by atomic mass is 10.2. The fourth-order valence-corrected chi connectivity index (χ4v) is 3.03. The average Bonchev–Trinajstić information content (AvgIpc) is 2.92. The predicted molar refractivity (Wildman–Crippen MR) is 94.8 cm³/mol. The number of nitrogens with one attached hydrogen (secondary N) is 1. The maximum Gasteiger partial charge on any atom is 0.316 e. The first-order valence-corrected chi connectivity index (χ1v) is 8.72. The Hall–Kier alpha value is -2.88. The molecule has 0 bridgehead atoms. The van der Waals surface area contributed by atoms with Crippen molar-refractivity contribution in [3.63, 3.8) is 0 Å². The maximum atomic E-state index is 11.8. The zero-order valence-electron chi connectivity index (χ0n) is 14.2. The second-order valence-electron chi connectivity index (χ2n) is 5.28. The SMILES string of the molecule is Cc1noc(C)c1CSCC(=O)OCC(=O)Nc1ccccc1[N+](=O)[O-]. The van der Waals surface area contributed by atoms with Crippen LogP contribution < -0.4 is 5.32 Å². The van der Waals surface area contributed by atoms with Gasteiger partial charge in [-0.25, -0.2) is 0 Å². The van der Waals surface area contributed by atoms with Gasteiger partial charge in [0.2, 0.25) is 0 Å². The van der Waals surface area contributed by atoms with E-state index in [0.717, 1.165) is 11.3 Å². The van der Waals surface area contributed by atoms with Crippen LogP contribution in [-0.4, -0.2) is 34.3 Å². The van der Waals surface area contributed by atoms with Crippen LogP contribution in [0.15, 0.2) is 28.8 Å². The number of nitro groups is 1. The first kappa shape index (κ1) is 19.4. The van der Waals surface area contributed by atoms with Crippen molar-refractivity contribution in [2.75, 3.05) is 17.7 Å². The van der Waals surface area contributed by atoms with Crippen molar-refractivity contribution in [1.82, 2.24) is 5.16 Å². The van der Waals surface area contributed by atoms with Gasteiger partial charge in [0.1, 0.15) is 11.4 Å². The van der Waals surface area contributed by atoms with E-state index in [-0.39, 0.29) is 17.1 Å². The maximum absolute atomic E-state index is 11.8. The Labute approximate surface area is 153 Å². The number of nitro benzene ring substituents is 1. The molecule has 1 amide bonds. The number of nitrogens with zero attached hydrogens (tertiary/aromatic N) is 2. The molecule has 0 fully saturated rings. The molecule has 0 aliphatic carbocycles. The minimum atomic E-state index is -0.650. The van der Waals surface area contributed by atoms with E-state index in [1.807, 2.05) is 6.92 Å². The molecule has 9 nitrogen and oxygen atoms in total. The number of hydrogen-bond acceptors (Lipinski definition) is 8. The summed E-state index contributed by atoms with van der Waals surface area (Å²) in [7, 11) is 0. The zero-order chi connectivity index (χ0) is 19.1. The molecule has 1 heterocycles. The van der Waals surface area contributed by atoms with Gasteiger partial charge < -0.3 is 14.6 Å². The summed E-state index contributed by atoms with van der Waals surface area (Å²) in [5, 5.41) is 17.1. The van der Waals surface area contributed by atoms with E-state index in [1.54, 1.807) is 13.0 Å². The summed E-state index contributed by atoms with van der Waals surface area (Å²) in [4.78, 5) is 33.8. The van der Waals surface area contributed by atoms with Gasteiger partial charge in [0.15, 0.2) is 6.61 Å². The molecule has 0 atom stereocenters. The lowest BCUT2D eigenvalue weighted by Gasteiger charge is -2.07. The second kappa shape index (κ2) is 8.99. The lowest BCUT2D eigenvalue weighted by Crippen LogP contribution is -2.22. The van der Waals surface area contributed by atoms with Crippen molar-refractivity contribution in [1.29, 1.82) is 0 Å². The van der Waals surface area contributed by atoms with Gasteiger partial charge in [0.25, 0.3) is 11.6 Å². The van der Waals surface area contributed by atoms with Crippen molar-refractivity contribution in [3.8, 4) is 0 Å². The van der Waals surface area contributed by atoms with Gasteiger partial charge >= 0.3 is 5.97 Å². The summed E-state index contributed by atoms with van der Waals surface area (Å²) in [5.74, 6) is 0.0941. The second-order valence-corrected chi connectivity index (χ2v) is 6.26. The molecule has 1 aromatic heterocycles. The molecule has 0 aliphatic rings. The summed E-state index contributed by atoms with van der Waals surface area (Å²) in [6, 6.07) is 5.72. The van der Waals surface area contributed by atoms with Crippen LogP contribution in [0.4, 0.5) is 11.4 Å². The van der Waals surface area contributed by atoms with Crippen LogP contribution in [0.3, 0.4) is 0 Å². The first-order valence-electron chi connectivity index (χ1n) is 7.57. The van der Waals surface area contributed by atoms with Gasteiger partial charge in [-0.1, -0.05) is 17.3 Å². The molecule has 0 aliphatic heterocycles. The minimum absolute atomic E-state index is 0.0475. The van der Waals surface area contributed by atoms with Gasteiger partial charge in [0.05, 0.1) is 16.4 Å². The first-order chi connectivity index (χ1) is 12.4. The summed E-state index contributed by atoms with van der Waals surface area (Å²) < 4.78 is 9.91. The van der Waals surface area contributed by atoms with Crippen molar-refractivity contribution in [3.05, 3.63) is 51.4 Å². The Kier molecular flexibility index (Phi) is 6.73. The Balaban J connectivity index is 1.75.